The van der Waals surface area contributed by atoms with E-state index in [9.17, 15) is 24.8 Å². The maximum absolute atomic E-state index is 13.1. The standard InChI is InChI=1S/C27H39N3O5/c1-19(2)22(17-31)16-25(32)24(15-20-9-5-3-6-10-20)29-26(33)23(13-14-28)30-27(34)35-18-21-11-7-4-8-12-21/h4,7-8,11-12,17,19-20,22-25,32H,3,5-6,9-10,13,15-16,18H2,1-2H3,(H,29,33)(H,30,34)/t22-,23+,24+,25+/m1/s1. The molecule has 0 unspecified atom stereocenters. The van der Waals surface area contributed by atoms with Crippen LogP contribution >= 0.6 is 0 Å². The van der Waals surface area contributed by atoms with E-state index in [1.807, 2.05) is 50.2 Å². The first-order valence-electron chi connectivity index (χ1n) is 12.6. The second kappa shape index (κ2) is 15.2. The van der Waals surface area contributed by atoms with Gasteiger partial charge < -0.3 is 25.3 Å². The molecule has 1 aliphatic carbocycles. The zero-order chi connectivity index (χ0) is 25.6. The van der Waals surface area contributed by atoms with Gasteiger partial charge in [-0.1, -0.05) is 76.3 Å². The fourth-order valence-electron chi connectivity index (χ4n) is 4.51. The number of benzene rings is 1. The number of aliphatic hydroxyl groups is 1. The highest BCUT2D eigenvalue weighted by atomic mass is 16.5. The van der Waals surface area contributed by atoms with Crippen LogP contribution in [0.15, 0.2) is 30.3 Å². The van der Waals surface area contributed by atoms with Crippen LogP contribution in [0, 0.1) is 29.1 Å². The van der Waals surface area contributed by atoms with Crippen LogP contribution < -0.4 is 10.6 Å². The van der Waals surface area contributed by atoms with Crippen molar-refractivity contribution in [2.24, 2.45) is 17.8 Å². The van der Waals surface area contributed by atoms with Crippen LogP contribution in [0.3, 0.4) is 0 Å². The summed E-state index contributed by atoms with van der Waals surface area (Å²) in [4.78, 5) is 36.9. The number of hydrogen-bond donors (Lipinski definition) is 3. The van der Waals surface area contributed by atoms with Crippen molar-refractivity contribution >= 4 is 18.3 Å². The summed E-state index contributed by atoms with van der Waals surface area (Å²) in [5.74, 6) is -0.428. The van der Waals surface area contributed by atoms with E-state index in [0.29, 0.717) is 12.3 Å². The Bertz CT molecular complexity index is 833. The zero-order valence-electron chi connectivity index (χ0n) is 20.8. The van der Waals surface area contributed by atoms with E-state index in [0.717, 1.165) is 37.5 Å². The van der Waals surface area contributed by atoms with Crippen molar-refractivity contribution in [3.8, 4) is 6.07 Å². The van der Waals surface area contributed by atoms with Crippen molar-refractivity contribution in [1.82, 2.24) is 10.6 Å². The van der Waals surface area contributed by atoms with Gasteiger partial charge in [-0.3, -0.25) is 4.79 Å². The van der Waals surface area contributed by atoms with Gasteiger partial charge in [-0.25, -0.2) is 4.79 Å². The molecular weight excluding hydrogens is 446 g/mol. The molecule has 0 saturated heterocycles. The summed E-state index contributed by atoms with van der Waals surface area (Å²) in [6, 6.07) is 9.38. The molecule has 1 fully saturated rings. The molecule has 1 saturated carbocycles. The summed E-state index contributed by atoms with van der Waals surface area (Å²) in [7, 11) is 0. The van der Waals surface area contributed by atoms with Gasteiger partial charge in [0.2, 0.25) is 5.91 Å². The Morgan fingerprint density at radius 2 is 1.86 bits per heavy atom. The number of ether oxygens (including phenoxy) is 1. The van der Waals surface area contributed by atoms with Crippen LogP contribution in [0.4, 0.5) is 4.79 Å². The van der Waals surface area contributed by atoms with Crippen LogP contribution in [0.1, 0.15) is 70.8 Å². The first-order valence-corrected chi connectivity index (χ1v) is 12.6. The van der Waals surface area contributed by atoms with Gasteiger partial charge in [0.05, 0.1) is 24.6 Å². The minimum absolute atomic E-state index is 0.0405. The van der Waals surface area contributed by atoms with Crippen LogP contribution in [0.25, 0.3) is 0 Å². The Hall–Kier alpha value is -2.92. The van der Waals surface area contributed by atoms with Crippen molar-refractivity contribution in [2.45, 2.75) is 90.0 Å². The van der Waals surface area contributed by atoms with Crippen molar-refractivity contribution < 1.29 is 24.2 Å². The second-order valence-electron chi connectivity index (χ2n) is 9.82. The molecule has 8 heteroatoms. The third-order valence-electron chi connectivity index (χ3n) is 6.77. The fraction of sp³-hybridized carbons (Fsp3) is 0.630. The molecule has 2 rings (SSSR count). The minimum Gasteiger partial charge on any atom is -0.445 e. The first kappa shape index (κ1) is 28.3. The number of nitrogens with zero attached hydrogens (tertiary/aromatic N) is 1. The molecule has 3 N–H and O–H groups in total. The topological polar surface area (TPSA) is 129 Å². The third kappa shape index (κ3) is 10.1. The van der Waals surface area contributed by atoms with Gasteiger partial charge in [-0.05, 0) is 30.2 Å². The molecule has 35 heavy (non-hydrogen) atoms. The quantitative estimate of drug-likeness (QED) is 0.364. The smallest absolute Gasteiger partial charge is 0.408 e. The number of aliphatic hydroxyl groups excluding tert-OH is 1. The number of aldehydes is 1. The van der Waals surface area contributed by atoms with Gasteiger partial charge in [-0.15, -0.1) is 0 Å². The molecule has 0 spiro atoms. The van der Waals surface area contributed by atoms with Crippen molar-refractivity contribution in [3.05, 3.63) is 35.9 Å². The average molecular weight is 486 g/mol. The summed E-state index contributed by atoms with van der Waals surface area (Å²) in [6.07, 6.45) is 5.25. The lowest BCUT2D eigenvalue weighted by atomic mass is 9.81. The average Bonchev–Trinajstić information content (AvgIpc) is 2.86. The van der Waals surface area contributed by atoms with Gasteiger partial charge in [0.25, 0.3) is 0 Å². The molecule has 1 aromatic carbocycles. The number of rotatable bonds is 13. The van der Waals surface area contributed by atoms with E-state index in [1.165, 1.54) is 6.42 Å². The Morgan fingerprint density at radius 1 is 1.17 bits per heavy atom. The Labute approximate surface area is 208 Å². The number of carbonyl (C=O) groups excluding carboxylic acids is 3. The molecule has 0 bridgehead atoms. The van der Waals surface area contributed by atoms with Crippen molar-refractivity contribution in [2.75, 3.05) is 0 Å². The Kier molecular flexibility index (Phi) is 12.3. The summed E-state index contributed by atoms with van der Waals surface area (Å²) in [5, 5.41) is 25.5. The summed E-state index contributed by atoms with van der Waals surface area (Å²) in [6.45, 7) is 3.89. The fourth-order valence-corrected chi connectivity index (χ4v) is 4.51. The van der Waals surface area contributed by atoms with E-state index in [4.69, 9.17) is 4.74 Å². The highest BCUT2D eigenvalue weighted by Crippen LogP contribution is 2.29. The maximum atomic E-state index is 13.1. The number of alkyl carbamates (subject to hydrolysis) is 1. The monoisotopic (exact) mass is 485 g/mol. The Balaban J connectivity index is 2.03. The molecule has 8 nitrogen and oxygen atoms in total. The van der Waals surface area contributed by atoms with E-state index in [-0.39, 0.29) is 31.3 Å². The van der Waals surface area contributed by atoms with Crippen LogP contribution in [-0.2, 0) is 20.9 Å². The molecule has 4 atom stereocenters. The lowest BCUT2D eigenvalue weighted by molar-refractivity contribution is -0.125. The largest absolute Gasteiger partial charge is 0.445 e. The molecule has 1 aromatic rings. The highest BCUT2D eigenvalue weighted by Gasteiger charge is 2.31. The lowest BCUT2D eigenvalue weighted by Crippen LogP contribution is -2.53. The summed E-state index contributed by atoms with van der Waals surface area (Å²) >= 11 is 0. The minimum atomic E-state index is -1.11. The maximum Gasteiger partial charge on any atom is 0.408 e. The molecular formula is C27H39N3O5. The zero-order valence-corrected chi connectivity index (χ0v) is 20.8. The van der Waals surface area contributed by atoms with Crippen molar-refractivity contribution in [1.29, 1.82) is 5.26 Å². The SMILES string of the molecule is CC(C)[C@@H](C=O)C[C@H](O)[C@H](CC1CCCCC1)NC(=O)[C@H](CC#N)NC(=O)OCc1ccccc1. The number of carbonyl (C=O) groups is 3. The predicted molar refractivity (Wildman–Crippen MR) is 132 cm³/mol. The van der Waals surface area contributed by atoms with Gasteiger partial charge >= 0.3 is 6.09 Å². The van der Waals surface area contributed by atoms with E-state index < -0.39 is 30.2 Å². The summed E-state index contributed by atoms with van der Waals surface area (Å²) in [5.41, 5.74) is 0.800. The number of nitrogens with one attached hydrogen (secondary N) is 2. The molecule has 0 radical (unpaired) electrons. The molecule has 1 aliphatic rings. The van der Waals surface area contributed by atoms with E-state index in [2.05, 4.69) is 10.6 Å². The number of nitriles is 1. The van der Waals surface area contributed by atoms with E-state index in [1.54, 1.807) is 0 Å². The van der Waals surface area contributed by atoms with Gasteiger partial charge in [-0.2, -0.15) is 5.26 Å². The normalized spacial score (nSPS) is 17.5. The van der Waals surface area contributed by atoms with Gasteiger partial charge in [0.15, 0.2) is 0 Å². The Morgan fingerprint density at radius 3 is 2.46 bits per heavy atom. The molecule has 192 valence electrons. The highest BCUT2D eigenvalue weighted by molar-refractivity contribution is 5.86. The van der Waals surface area contributed by atoms with E-state index >= 15 is 0 Å². The second-order valence-corrected chi connectivity index (χ2v) is 9.82. The molecule has 0 aromatic heterocycles. The van der Waals surface area contributed by atoms with Crippen LogP contribution in [0.5, 0.6) is 0 Å². The first-order chi connectivity index (χ1) is 16.8. The van der Waals surface area contributed by atoms with Gasteiger partial charge in [0.1, 0.15) is 18.9 Å². The van der Waals surface area contributed by atoms with Crippen molar-refractivity contribution in [3.63, 3.8) is 0 Å². The van der Waals surface area contributed by atoms with Crippen LogP contribution in [0.2, 0.25) is 0 Å². The number of amides is 2. The predicted octanol–water partition coefficient (Wildman–Crippen LogP) is 3.87. The third-order valence-corrected chi connectivity index (χ3v) is 6.77. The molecule has 0 heterocycles. The summed E-state index contributed by atoms with van der Waals surface area (Å²) < 4.78 is 5.19. The lowest BCUT2D eigenvalue weighted by Gasteiger charge is -2.32. The van der Waals surface area contributed by atoms with Gasteiger partial charge in [0, 0.05) is 5.92 Å². The molecule has 2 amide bonds. The van der Waals surface area contributed by atoms with Crippen LogP contribution in [-0.4, -0.2) is 41.6 Å². The molecule has 0 aliphatic heterocycles. The number of hydrogen-bond acceptors (Lipinski definition) is 6.